The van der Waals surface area contributed by atoms with Crippen LogP contribution in [0.3, 0.4) is 0 Å². The summed E-state index contributed by atoms with van der Waals surface area (Å²) >= 11 is 6.20. The van der Waals surface area contributed by atoms with Crippen molar-refractivity contribution in [2.45, 2.75) is 37.5 Å². The first kappa shape index (κ1) is 25.4. The maximum atomic E-state index is 14.9. The molecular weight excluding hydrogens is 477 g/mol. The van der Waals surface area contributed by atoms with Gasteiger partial charge in [0, 0.05) is 30.1 Å². The Morgan fingerprint density at radius 3 is 2.59 bits per heavy atom. The minimum Gasteiger partial charge on any atom is -0.375 e. The Labute approximate surface area is 207 Å². The number of likely N-dealkylation sites (N-methyl/N-ethyl adjacent to an activating group) is 1. The Balaban J connectivity index is 1.55. The first-order valence-electron chi connectivity index (χ1n) is 11.7. The average molecular weight is 510 g/mol. The fraction of sp³-hybridized carbons (Fsp3) is 0.520. The van der Waals surface area contributed by atoms with E-state index in [9.17, 15) is 12.8 Å². The van der Waals surface area contributed by atoms with Crippen molar-refractivity contribution in [3.8, 4) is 0 Å². The van der Waals surface area contributed by atoms with Gasteiger partial charge in [0.1, 0.15) is 5.82 Å². The molecule has 2 aromatic rings. The molecule has 6 nitrogen and oxygen atoms in total. The van der Waals surface area contributed by atoms with Crippen molar-refractivity contribution < 1.29 is 17.5 Å². The number of rotatable bonds is 8. The van der Waals surface area contributed by atoms with Crippen LogP contribution in [0.2, 0.25) is 5.02 Å². The van der Waals surface area contributed by atoms with Crippen LogP contribution in [0.4, 0.5) is 10.1 Å². The minimum absolute atomic E-state index is 0.0750. The van der Waals surface area contributed by atoms with Gasteiger partial charge in [-0.1, -0.05) is 41.9 Å². The van der Waals surface area contributed by atoms with E-state index in [1.54, 1.807) is 13.1 Å². The first-order valence-corrected chi connectivity index (χ1v) is 13.7. The zero-order chi connectivity index (χ0) is 24.5. The molecule has 4 atom stereocenters. The van der Waals surface area contributed by atoms with Crippen molar-refractivity contribution in [1.82, 2.24) is 9.21 Å². The summed E-state index contributed by atoms with van der Waals surface area (Å²) in [7, 11) is 2.09. The quantitative estimate of drug-likeness (QED) is 0.559. The largest absolute Gasteiger partial charge is 0.375 e. The monoisotopic (exact) mass is 509 g/mol. The third-order valence-corrected chi connectivity index (χ3v) is 8.89. The topological polar surface area (TPSA) is 61.9 Å². The molecule has 186 valence electrons. The van der Waals surface area contributed by atoms with Crippen LogP contribution in [-0.4, -0.2) is 63.7 Å². The summed E-state index contributed by atoms with van der Waals surface area (Å²) < 4.78 is 48.4. The Morgan fingerprint density at radius 1 is 1.15 bits per heavy atom. The molecule has 0 amide bonds. The lowest BCUT2D eigenvalue weighted by Gasteiger charge is -2.46. The van der Waals surface area contributed by atoms with Gasteiger partial charge in [0.25, 0.3) is 0 Å². The second-order valence-corrected chi connectivity index (χ2v) is 12.2. The molecule has 2 aliphatic rings. The molecule has 0 unspecified atom stereocenters. The number of fused-ring (bicyclic) bond motifs is 3. The van der Waals surface area contributed by atoms with E-state index >= 15 is 0 Å². The summed E-state index contributed by atoms with van der Waals surface area (Å²) in [6.45, 7) is 0.989. The SMILES string of the molecule is CN(C)CCCS(=O)(=O)N(C)C[C@H]1CC[C@@H]2[C@H](O1)c1cc(Cl)cc(F)c1N[C@H]2c1ccccc1. The van der Waals surface area contributed by atoms with Crippen molar-refractivity contribution in [1.29, 1.82) is 0 Å². The van der Waals surface area contributed by atoms with E-state index in [0.717, 1.165) is 18.4 Å². The predicted molar refractivity (Wildman–Crippen MR) is 134 cm³/mol. The van der Waals surface area contributed by atoms with Crippen molar-refractivity contribution in [2.24, 2.45) is 5.92 Å². The van der Waals surface area contributed by atoms with Gasteiger partial charge in [-0.25, -0.2) is 17.1 Å². The van der Waals surface area contributed by atoms with Gasteiger partial charge in [0.15, 0.2) is 0 Å². The van der Waals surface area contributed by atoms with Gasteiger partial charge in [0.2, 0.25) is 10.0 Å². The van der Waals surface area contributed by atoms with Crippen LogP contribution in [-0.2, 0) is 14.8 Å². The molecule has 0 aliphatic carbocycles. The number of ether oxygens (including phenoxy) is 1. The molecule has 9 heteroatoms. The number of hydrogen-bond acceptors (Lipinski definition) is 5. The summed E-state index contributed by atoms with van der Waals surface area (Å²) in [4.78, 5) is 1.97. The molecule has 1 saturated heterocycles. The predicted octanol–water partition coefficient (Wildman–Crippen LogP) is 4.70. The Morgan fingerprint density at radius 2 is 1.88 bits per heavy atom. The molecule has 1 N–H and O–H groups in total. The van der Waals surface area contributed by atoms with Crippen LogP contribution in [0.15, 0.2) is 42.5 Å². The molecule has 0 bridgehead atoms. The van der Waals surface area contributed by atoms with Crippen molar-refractivity contribution >= 4 is 27.3 Å². The highest BCUT2D eigenvalue weighted by molar-refractivity contribution is 7.89. The number of benzene rings is 2. The fourth-order valence-electron chi connectivity index (χ4n) is 5.03. The molecule has 0 radical (unpaired) electrons. The second kappa shape index (κ2) is 10.5. The number of anilines is 1. The number of nitrogens with zero attached hydrogens (tertiary/aromatic N) is 2. The molecule has 0 spiro atoms. The van der Waals surface area contributed by atoms with E-state index in [1.807, 2.05) is 49.3 Å². The summed E-state index contributed by atoms with van der Waals surface area (Å²) in [6, 6.07) is 12.9. The number of hydrogen-bond donors (Lipinski definition) is 1. The summed E-state index contributed by atoms with van der Waals surface area (Å²) in [5.41, 5.74) is 2.17. The van der Waals surface area contributed by atoms with Crippen LogP contribution in [0, 0.1) is 11.7 Å². The number of nitrogens with one attached hydrogen (secondary N) is 1. The van der Waals surface area contributed by atoms with Crippen LogP contribution in [0.25, 0.3) is 0 Å². The van der Waals surface area contributed by atoms with Gasteiger partial charge >= 0.3 is 0 Å². The third-order valence-electron chi connectivity index (χ3n) is 6.77. The summed E-state index contributed by atoms with van der Waals surface area (Å²) in [6.07, 6.45) is 1.47. The van der Waals surface area contributed by atoms with Crippen LogP contribution in [0.1, 0.15) is 42.5 Å². The van der Waals surface area contributed by atoms with Gasteiger partial charge in [-0.2, -0.15) is 0 Å². The van der Waals surface area contributed by atoms with Gasteiger partial charge in [-0.3, -0.25) is 0 Å². The number of sulfonamides is 1. The molecule has 0 saturated carbocycles. The highest BCUT2D eigenvalue weighted by atomic mass is 35.5. The smallest absolute Gasteiger partial charge is 0.213 e. The molecule has 2 heterocycles. The Bertz CT molecular complexity index is 1100. The normalized spacial score (nSPS) is 24.6. The van der Waals surface area contributed by atoms with Gasteiger partial charge in [-0.15, -0.1) is 0 Å². The number of halogens is 2. The van der Waals surface area contributed by atoms with Gasteiger partial charge in [0.05, 0.1) is 29.7 Å². The Hall–Kier alpha value is -1.71. The van der Waals surface area contributed by atoms with E-state index in [4.69, 9.17) is 16.3 Å². The maximum Gasteiger partial charge on any atom is 0.213 e. The minimum atomic E-state index is -3.38. The standard InChI is InChI=1S/C25H33ClFN3O3S/c1-29(2)12-7-13-34(31,32)30(3)16-19-10-11-20-23(17-8-5-4-6-9-17)28-24-21(25(20)33-19)14-18(26)15-22(24)27/h4-6,8-9,14-15,19-20,23,25,28H,7,10-13,16H2,1-3H3/t19-,20+,23+,25+/m1/s1. The molecule has 2 aliphatic heterocycles. The second-order valence-electron chi connectivity index (χ2n) is 9.56. The molecule has 34 heavy (non-hydrogen) atoms. The molecule has 2 aromatic carbocycles. The summed E-state index contributed by atoms with van der Waals surface area (Å²) in [5, 5.41) is 3.72. The molecular formula is C25H33ClFN3O3S. The third kappa shape index (κ3) is 5.57. The lowest BCUT2D eigenvalue weighted by Crippen LogP contribution is -2.44. The zero-order valence-electron chi connectivity index (χ0n) is 19.9. The molecule has 1 fully saturated rings. The van der Waals surface area contributed by atoms with E-state index in [2.05, 4.69) is 5.32 Å². The van der Waals surface area contributed by atoms with E-state index in [-0.39, 0.29) is 36.5 Å². The first-order chi connectivity index (χ1) is 16.2. The van der Waals surface area contributed by atoms with E-state index < -0.39 is 15.8 Å². The molecule has 4 rings (SSSR count). The van der Waals surface area contributed by atoms with Crippen molar-refractivity contribution in [3.05, 3.63) is 64.4 Å². The van der Waals surface area contributed by atoms with Crippen molar-refractivity contribution in [2.75, 3.05) is 45.3 Å². The van der Waals surface area contributed by atoms with Gasteiger partial charge in [-0.05, 0) is 57.6 Å². The van der Waals surface area contributed by atoms with Gasteiger partial charge < -0.3 is 15.0 Å². The maximum absolute atomic E-state index is 14.9. The summed E-state index contributed by atoms with van der Waals surface area (Å²) in [5.74, 6) is -0.233. The Kier molecular flexibility index (Phi) is 7.84. The van der Waals surface area contributed by atoms with Crippen LogP contribution in [0.5, 0.6) is 0 Å². The highest BCUT2D eigenvalue weighted by Gasteiger charge is 2.43. The van der Waals surface area contributed by atoms with E-state index in [0.29, 0.717) is 29.2 Å². The zero-order valence-corrected chi connectivity index (χ0v) is 21.4. The van der Waals surface area contributed by atoms with Crippen LogP contribution < -0.4 is 5.32 Å². The fourth-order valence-corrected chi connectivity index (χ4v) is 6.44. The van der Waals surface area contributed by atoms with E-state index in [1.165, 1.54) is 10.4 Å². The lowest BCUT2D eigenvalue weighted by molar-refractivity contribution is -0.0962. The lowest BCUT2D eigenvalue weighted by atomic mass is 9.76. The van der Waals surface area contributed by atoms with Crippen molar-refractivity contribution in [3.63, 3.8) is 0 Å². The average Bonchev–Trinajstić information content (AvgIpc) is 2.79. The molecule has 0 aromatic heterocycles. The van der Waals surface area contributed by atoms with Crippen LogP contribution >= 0.6 is 11.6 Å². The highest BCUT2D eigenvalue weighted by Crippen LogP contribution is 2.51.